The number of aromatic nitrogens is 1. The number of halogens is 2. The van der Waals surface area contributed by atoms with Gasteiger partial charge in [-0.2, -0.15) is 0 Å². The third-order valence-electron chi connectivity index (χ3n) is 3.62. The Labute approximate surface area is 170 Å². The summed E-state index contributed by atoms with van der Waals surface area (Å²) in [7, 11) is 1.75. The summed E-state index contributed by atoms with van der Waals surface area (Å²) in [5.41, 5.74) is 2.15. The Balaban J connectivity index is 0.00000312. The first kappa shape index (κ1) is 21.8. The van der Waals surface area contributed by atoms with Crippen LogP contribution < -0.4 is 10.6 Å². The number of aliphatic imine (C=N–C) groups is 1. The summed E-state index contributed by atoms with van der Waals surface area (Å²) in [5.74, 6) is 1.04. The third-order valence-corrected chi connectivity index (χ3v) is 4.48. The number of benzene rings is 1. The van der Waals surface area contributed by atoms with Crippen molar-refractivity contribution in [2.24, 2.45) is 4.99 Å². The standard InChI is InChI=1S/C18H25FN4S.HI/c1-13(2)16-12-24-17(23-16)11-22-18(20-3)21-9-5-7-14-6-4-8-15(19)10-14;/h4,6,8,10,12-13H,5,7,9,11H2,1-3H3,(H2,20,21,22);1H. The molecule has 2 rings (SSSR count). The van der Waals surface area contributed by atoms with Crippen LogP contribution in [0, 0.1) is 5.82 Å². The first-order chi connectivity index (χ1) is 11.6. The molecule has 2 N–H and O–H groups in total. The van der Waals surface area contributed by atoms with E-state index < -0.39 is 0 Å². The van der Waals surface area contributed by atoms with Crippen molar-refractivity contribution in [1.82, 2.24) is 15.6 Å². The van der Waals surface area contributed by atoms with Gasteiger partial charge in [0.1, 0.15) is 10.8 Å². The van der Waals surface area contributed by atoms with Gasteiger partial charge in [0.05, 0.1) is 12.2 Å². The highest BCUT2D eigenvalue weighted by molar-refractivity contribution is 14.0. The summed E-state index contributed by atoms with van der Waals surface area (Å²) in [6.07, 6.45) is 1.75. The average molecular weight is 476 g/mol. The molecule has 7 heteroatoms. The fourth-order valence-electron chi connectivity index (χ4n) is 2.24. The van der Waals surface area contributed by atoms with Gasteiger partial charge in [-0.25, -0.2) is 9.37 Å². The average Bonchev–Trinajstić information content (AvgIpc) is 3.03. The van der Waals surface area contributed by atoms with E-state index in [-0.39, 0.29) is 29.8 Å². The molecule has 0 aliphatic rings. The highest BCUT2D eigenvalue weighted by Gasteiger charge is 2.06. The highest BCUT2D eigenvalue weighted by Crippen LogP contribution is 2.17. The smallest absolute Gasteiger partial charge is 0.191 e. The number of aryl methyl sites for hydroxylation is 1. The molecule has 0 fully saturated rings. The molecule has 0 aliphatic heterocycles. The van der Waals surface area contributed by atoms with E-state index >= 15 is 0 Å². The lowest BCUT2D eigenvalue weighted by Crippen LogP contribution is -2.37. The molecule has 0 aliphatic carbocycles. The predicted molar refractivity (Wildman–Crippen MR) is 115 cm³/mol. The van der Waals surface area contributed by atoms with E-state index in [9.17, 15) is 4.39 Å². The Morgan fingerprint density at radius 3 is 2.76 bits per heavy atom. The molecule has 1 aromatic carbocycles. The maximum absolute atomic E-state index is 13.1. The molecule has 0 radical (unpaired) electrons. The second-order valence-corrected chi connectivity index (χ2v) is 6.85. The quantitative estimate of drug-likeness (QED) is 0.271. The minimum Gasteiger partial charge on any atom is -0.356 e. The summed E-state index contributed by atoms with van der Waals surface area (Å²) in [4.78, 5) is 8.81. The maximum Gasteiger partial charge on any atom is 0.191 e. The third kappa shape index (κ3) is 7.68. The van der Waals surface area contributed by atoms with E-state index in [0.717, 1.165) is 41.6 Å². The molecule has 25 heavy (non-hydrogen) atoms. The zero-order valence-corrected chi connectivity index (χ0v) is 18.0. The highest BCUT2D eigenvalue weighted by atomic mass is 127. The molecule has 0 atom stereocenters. The topological polar surface area (TPSA) is 49.3 Å². The van der Waals surface area contributed by atoms with Gasteiger partial charge in [-0.15, -0.1) is 35.3 Å². The molecule has 2 aromatic rings. The van der Waals surface area contributed by atoms with Crippen molar-refractivity contribution in [3.05, 3.63) is 51.7 Å². The molecule has 0 spiro atoms. The molecule has 0 amide bonds. The molecule has 4 nitrogen and oxygen atoms in total. The zero-order chi connectivity index (χ0) is 17.4. The molecule has 138 valence electrons. The molecule has 0 bridgehead atoms. The molecule has 1 aromatic heterocycles. The lowest BCUT2D eigenvalue weighted by molar-refractivity contribution is 0.624. The van der Waals surface area contributed by atoms with Crippen molar-refractivity contribution in [3.8, 4) is 0 Å². The van der Waals surface area contributed by atoms with Gasteiger partial charge in [0.25, 0.3) is 0 Å². The van der Waals surface area contributed by atoms with Gasteiger partial charge in [0, 0.05) is 19.0 Å². The van der Waals surface area contributed by atoms with E-state index in [0.29, 0.717) is 12.5 Å². The van der Waals surface area contributed by atoms with Crippen LogP contribution in [0.25, 0.3) is 0 Å². The second-order valence-electron chi connectivity index (χ2n) is 5.91. The number of thiazole rings is 1. The number of guanidine groups is 1. The van der Waals surface area contributed by atoms with Gasteiger partial charge in [-0.3, -0.25) is 4.99 Å². The van der Waals surface area contributed by atoms with E-state index in [1.165, 1.54) is 6.07 Å². The van der Waals surface area contributed by atoms with Crippen LogP contribution in [0.5, 0.6) is 0 Å². The van der Waals surface area contributed by atoms with Crippen molar-refractivity contribution in [2.75, 3.05) is 13.6 Å². The van der Waals surface area contributed by atoms with Gasteiger partial charge < -0.3 is 10.6 Å². The maximum atomic E-state index is 13.1. The first-order valence-electron chi connectivity index (χ1n) is 8.21. The molecule has 0 saturated carbocycles. The van der Waals surface area contributed by atoms with Crippen LogP contribution in [0.1, 0.15) is 42.5 Å². The van der Waals surface area contributed by atoms with Gasteiger partial charge in [-0.05, 0) is 36.5 Å². The minimum absolute atomic E-state index is 0. The number of rotatable bonds is 7. The van der Waals surface area contributed by atoms with Crippen molar-refractivity contribution in [3.63, 3.8) is 0 Å². The number of hydrogen-bond acceptors (Lipinski definition) is 3. The zero-order valence-electron chi connectivity index (χ0n) is 14.9. The Kier molecular flexibility index (Phi) is 9.96. The Morgan fingerprint density at radius 1 is 1.32 bits per heavy atom. The van der Waals surface area contributed by atoms with Crippen LogP contribution in [0.15, 0.2) is 34.6 Å². The van der Waals surface area contributed by atoms with Crippen molar-refractivity contribution in [2.45, 2.75) is 39.2 Å². The lowest BCUT2D eigenvalue weighted by atomic mass is 10.1. The summed E-state index contributed by atoms with van der Waals surface area (Å²) >= 11 is 1.67. The summed E-state index contributed by atoms with van der Waals surface area (Å²) in [6, 6.07) is 6.75. The normalized spacial score (nSPS) is 11.3. The largest absolute Gasteiger partial charge is 0.356 e. The monoisotopic (exact) mass is 476 g/mol. The molecule has 1 heterocycles. The summed E-state index contributed by atoms with van der Waals surface area (Å²) < 4.78 is 13.1. The summed E-state index contributed by atoms with van der Waals surface area (Å²) in [6.45, 7) is 5.74. The van der Waals surface area contributed by atoms with Gasteiger partial charge in [0.15, 0.2) is 5.96 Å². The van der Waals surface area contributed by atoms with Crippen LogP contribution >= 0.6 is 35.3 Å². The van der Waals surface area contributed by atoms with E-state index in [2.05, 4.69) is 39.8 Å². The van der Waals surface area contributed by atoms with Crippen LogP contribution in [0.2, 0.25) is 0 Å². The number of hydrogen-bond donors (Lipinski definition) is 2. The van der Waals surface area contributed by atoms with Crippen LogP contribution in [-0.2, 0) is 13.0 Å². The van der Waals surface area contributed by atoms with Gasteiger partial charge >= 0.3 is 0 Å². The van der Waals surface area contributed by atoms with Gasteiger partial charge in [0.2, 0.25) is 0 Å². The molecular weight excluding hydrogens is 450 g/mol. The van der Waals surface area contributed by atoms with Crippen LogP contribution in [-0.4, -0.2) is 24.5 Å². The first-order valence-corrected chi connectivity index (χ1v) is 9.09. The summed E-state index contributed by atoms with van der Waals surface area (Å²) in [5, 5.41) is 9.71. The SMILES string of the molecule is CN=C(NCCCc1cccc(F)c1)NCc1nc(C(C)C)cs1.I. The molecule has 0 unspecified atom stereocenters. The van der Waals surface area contributed by atoms with E-state index in [4.69, 9.17) is 0 Å². The van der Waals surface area contributed by atoms with Gasteiger partial charge in [-0.1, -0.05) is 26.0 Å². The Bertz CT molecular complexity index is 673. The minimum atomic E-state index is -0.179. The Morgan fingerprint density at radius 2 is 2.12 bits per heavy atom. The number of nitrogens with one attached hydrogen (secondary N) is 2. The van der Waals surface area contributed by atoms with E-state index in [1.54, 1.807) is 30.5 Å². The molecular formula is C18H26FIN4S. The fraction of sp³-hybridized carbons (Fsp3) is 0.444. The van der Waals surface area contributed by atoms with Crippen molar-refractivity contribution < 1.29 is 4.39 Å². The molecule has 0 saturated heterocycles. The van der Waals surface area contributed by atoms with Crippen LogP contribution in [0.3, 0.4) is 0 Å². The fourth-order valence-corrected chi connectivity index (χ4v) is 3.14. The van der Waals surface area contributed by atoms with Crippen molar-refractivity contribution in [1.29, 1.82) is 0 Å². The van der Waals surface area contributed by atoms with Crippen molar-refractivity contribution >= 4 is 41.3 Å². The van der Waals surface area contributed by atoms with E-state index in [1.807, 2.05) is 6.07 Å². The predicted octanol–water partition coefficient (Wildman–Crippen LogP) is 4.32. The Hall–Kier alpha value is -1.22. The lowest BCUT2D eigenvalue weighted by Gasteiger charge is -2.11. The second kappa shape index (κ2) is 11.4. The number of nitrogens with zero attached hydrogens (tertiary/aromatic N) is 2. The van der Waals surface area contributed by atoms with Crippen LogP contribution in [0.4, 0.5) is 4.39 Å².